The highest BCUT2D eigenvalue weighted by Crippen LogP contribution is 2.22. The van der Waals surface area contributed by atoms with Crippen molar-refractivity contribution in [3.8, 4) is 0 Å². The smallest absolute Gasteiger partial charge is 0.314 e. The van der Waals surface area contributed by atoms with E-state index in [2.05, 4.69) is 29.7 Å². The van der Waals surface area contributed by atoms with Crippen LogP contribution in [0.25, 0.3) is 0 Å². The Morgan fingerprint density at radius 3 is 2.74 bits per heavy atom. The number of nitrogens with one attached hydrogen (secondary N) is 2. The zero-order valence-corrected chi connectivity index (χ0v) is 14.7. The van der Waals surface area contributed by atoms with E-state index in [1.54, 1.807) is 0 Å². The SMILES string of the molecule is CC1CCC(CSCCCNC(=O)NCCc2ccccc2)O1. The van der Waals surface area contributed by atoms with Crippen LogP contribution in [0.1, 0.15) is 31.7 Å². The molecule has 1 aliphatic heterocycles. The molecule has 128 valence electrons. The predicted molar refractivity (Wildman–Crippen MR) is 97.1 cm³/mol. The van der Waals surface area contributed by atoms with Crippen molar-refractivity contribution in [3.05, 3.63) is 35.9 Å². The summed E-state index contributed by atoms with van der Waals surface area (Å²) in [5, 5.41) is 5.80. The molecule has 2 rings (SSSR count). The molecule has 1 fully saturated rings. The number of rotatable bonds is 9. The molecule has 1 aliphatic rings. The van der Waals surface area contributed by atoms with Gasteiger partial charge in [-0.05, 0) is 43.9 Å². The van der Waals surface area contributed by atoms with E-state index < -0.39 is 0 Å². The van der Waals surface area contributed by atoms with Crippen LogP contribution in [0, 0.1) is 0 Å². The van der Waals surface area contributed by atoms with Gasteiger partial charge in [0.1, 0.15) is 0 Å². The number of hydrogen-bond acceptors (Lipinski definition) is 3. The van der Waals surface area contributed by atoms with Gasteiger partial charge in [-0.1, -0.05) is 30.3 Å². The van der Waals surface area contributed by atoms with E-state index in [1.807, 2.05) is 30.0 Å². The molecule has 1 heterocycles. The first-order valence-electron chi connectivity index (χ1n) is 8.53. The van der Waals surface area contributed by atoms with Crippen molar-refractivity contribution in [3.63, 3.8) is 0 Å². The molecule has 1 saturated heterocycles. The van der Waals surface area contributed by atoms with Gasteiger partial charge in [0.2, 0.25) is 0 Å². The molecular weight excluding hydrogens is 308 g/mol. The molecule has 4 nitrogen and oxygen atoms in total. The van der Waals surface area contributed by atoms with E-state index in [4.69, 9.17) is 4.74 Å². The molecule has 0 saturated carbocycles. The summed E-state index contributed by atoms with van der Waals surface area (Å²) < 4.78 is 5.79. The summed E-state index contributed by atoms with van der Waals surface area (Å²) in [5.41, 5.74) is 1.24. The highest BCUT2D eigenvalue weighted by atomic mass is 32.2. The summed E-state index contributed by atoms with van der Waals surface area (Å²) >= 11 is 1.92. The average Bonchev–Trinajstić information content (AvgIpc) is 2.97. The maximum Gasteiger partial charge on any atom is 0.314 e. The molecule has 2 atom stereocenters. The maximum atomic E-state index is 11.7. The second-order valence-electron chi connectivity index (χ2n) is 5.99. The van der Waals surface area contributed by atoms with Crippen molar-refractivity contribution in [1.82, 2.24) is 10.6 Å². The third-order valence-corrected chi connectivity index (χ3v) is 5.10. The van der Waals surface area contributed by atoms with Gasteiger partial charge in [0.15, 0.2) is 0 Å². The molecule has 0 bridgehead atoms. The van der Waals surface area contributed by atoms with Crippen LogP contribution in [-0.4, -0.2) is 42.8 Å². The number of urea groups is 1. The number of amides is 2. The zero-order valence-electron chi connectivity index (χ0n) is 13.9. The lowest BCUT2D eigenvalue weighted by Crippen LogP contribution is -2.37. The summed E-state index contributed by atoms with van der Waals surface area (Å²) in [6.07, 6.45) is 5.11. The fraction of sp³-hybridized carbons (Fsp3) is 0.611. The first-order valence-corrected chi connectivity index (χ1v) is 9.68. The Hall–Kier alpha value is -1.20. The number of thioether (sulfide) groups is 1. The van der Waals surface area contributed by atoms with Gasteiger partial charge in [0, 0.05) is 18.8 Å². The minimum atomic E-state index is -0.0705. The Morgan fingerprint density at radius 1 is 1.22 bits per heavy atom. The molecule has 2 amide bonds. The minimum Gasteiger partial charge on any atom is -0.374 e. The molecule has 0 radical (unpaired) electrons. The minimum absolute atomic E-state index is 0.0705. The van der Waals surface area contributed by atoms with Crippen LogP contribution < -0.4 is 10.6 Å². The molecule has 1 aromatic carbocycles. The van der Waals surface area contributed by atoms with Crippen LogP contribution in [0.15, 0.2) is 30.3 Å². The van der Waals surface area contributed by atoms with E-state index in [9.17, 15) is 4.79 Å². The molecule has 5 heteroatoms. The highest BCUT2D eigenvalue weighted by molar-refractivity contribution is 7.99. The van der Waals surface area contributed by atoms with Crippen molar-refractivity contribution in [2.45, 2.75) is 44.8 Å². The summed E-state index contributed by atoms with van der Waals surface area (Å²) in [5.74, 6) is 2.14. The molecule has 0 aromatic heterocycles. The van der Waals surface area contributed by atoms with Gasteiger partial charge in [-0.3, -0.25) is 0 Å². The van der Waals surface area contributed by atoms with E-state index in [0.717, 1.165) is 30.9 Å². The lowest BCUT2D eigenvalue weighted by molar-refractivity contribution is 0.0700. The van der Waals surface area contributed by atoms with E-state index in [1.165, 1.54) is 18.4 Å². The van der Waals surface area contributed by atoms with E-state index in [0.29, 0.717) is 18.8 Å². The van der Waals surface area contributed by atoms with Gasteiger partial charge >= 0.3 is 6.03 Å². The van der Waals surface area contributed by atoms with Crippen molar-refractivity contribution >= 4 is 17.8 Å². The number of hydrogen-bond donors (Lipinski definition) is 2. The molecule has 0 aliphatic carbocycles. The second kappa shape index (κ2) is 10.6. The third kappa shape index (κ3) is 7.75. The van der Waals surface area contributed by atoms with Crippen LogP contribution in [0.5, 0.6) is 0 Å². The van der Waals surface area contributed by atoms with Gasteiger partial charge in [-0.2, -0.15) is 11.8 Å². The zero-order chi connectivity index (χ0) is 16.3. The second-order valence-corrected chi connectivity index (χ2v) is 7.14. The van der Waals surface area contributed by atoms with Gasteiger partial charge in [-0.25, -0.2) is 4.79 Å². The molecular formula is C18H28N2O2S. The predicted octanol–water partition coefficient (Wildman–Crippen LogP) is 3.22. The number of carbonyl (C=O) groups is 1. The van der Waals surface area contributed by atoms with Gasteiger partial charge in [0.25, 0.3) is 0 Å². The van der Waals surface area contributed by atoms with E-state index in [-0.39, 0.29) is 6.03 Å². The number of carbonyl (C=O) groups excluding carboxylic acids is 1. The van der Waals surface area contributed by atoms with Crippen molar-refractivity contribution < 1.29 is 9.53 Å². The first-order chi connectivity index (χ1) is 11.2. The standard InChI is InChI=1S/C18H28N2O2S/c1-15-8-9-17(22-15)14-23-13-5-11-19-18(21)20-12-10-16-6-3-2-4-7-16/h2-4,6-7,15,17H,5,8-14H2,1H3,(H2,19,20,21). The number of ether oxygens (including phenoxy) is 1. The molecule has 2 unspecified atom stereocenters. The topological polar surface area (TPSA) is 50.4 Å². The highest BCUT2D eigenvalue weighted by Gasteiger charge is 2.21. The van der Waals surface area contributed by atoms with Crippen LogP contribution in [0.3, 0.4) is 0 Å². The van der Waals surface area contributed by atoms with Gasteiger partial charge < -0.3 is 15.4 Å². The Bertz CT molecular complexity index is 456. The fourth-order valence-electron chi connectivity index (χ4n) is 2.63. The molecule has 23 heavy (non-hydrogen) atoms. The Balaban J connectivity index is 1.41. The summed E-state index contributed by atoms with van der Waals surface area (Å²) in [6.45, 7) is 3.54. The molecule has 2 N–H and O–H groups in total. The van der Waals surface area contributed by atoms with Crippen LogP contribution >= 0.6 is 11.8 Å². The largest absolute Gasteiger partial charge is 0.374 e. The quantitative estimate of drug-likeness (QED) is 0.681. The van der Waals surface area contributed by atoms with Crippen molar-refractivity contribution in [1.29, 1.82) is 0 Å². The third-order valence-electron chi connectivity index (χ3n) is 3.92. The Labute approximate surface area is 143 Å². The first kappa shape index (κ1) is 18.1. The summed E-state index contributed by atoms with van der Waals surface area (Å²) in [7, 11) is 0. The van der Waals surface area contributed by atoms with Crippen LogP contribution in [-0.2, 0) is 11.2 Å². The van der Waals surface area contributed by atoms with Crippen molar-refractivity contribution in [2.75, 3.05) is 24.6 Å². The lowest BCUT2D eigenvalue weighted by Gasteiger charge is -2.11. The van der Waals surface area contributed by atoms with Crippen molar-refractivity contribution in [2.24, 2.45) is 0 Å². The summed E-state index contributed by atoms with van der Waals surface area (Å²) in [4.78, 5) is 11.7. The van der Waals surface area contributed by atoms with Crippen LogP contribution in [0.2, 0.25) is 0 Å². The Kier molecular flexibility index (Phi) is 8.32. The number of benzene rings is 1. The monoisotopic (exact) mass is 336 g/mol. The Morgan fingerprint density at radius 2 is 2.00 bits per heavy atom. The normalized spacial score (nSPS) is 20.4. The average molecular weight is 337 g/mol. The van der Waals surface area contributed by atoms with Gasteiger partial charge in [0.05, 0.1) is 12.2 Å². The van der Waals surface area contributed by atoms with E-state index >= 15 is 0 Å². The summed E-state index contributed by atoms with van der Waals surface area (Å²) in [6, 6.07) is 10.1. The fourth-order valence-corrected chi connectivity index (χ4v) is 3.65. The lowest BCUT2D eigenvalue weighted by atomic mass is 10.1. The van der Waals surface area contributed by atoms with Gasteiger partial charge in [-0.15, -0.1) is 0 Å². The maximum absolute atomic E-state index is 11.7. The molecule has 0 spiro atoms. The van der Waals surface area contributed by atoms with Crippen LogP contribution in [0.4, 0.5) is 4.79 Å². The molecule has 1 aromatic rings.